The molecule has 0 saturated heterocycles. The van der Waals surface area contributed by atoms with Gasteiger partial charge in [-0.1, -0.05) is 23.7 Å². The second-order valence-corrected chi connectivity index (χ2v) is 6.90. The molecule has 2 aromatic carbocycles. The zero-order valence-electron chi connectivity index (χ0n) is 15.1. The van der Waals surface area contributed by atoms with Gasteiger partial charge >= 0.3 is 0 Å². The van der Waals surface area contributed by atoms with Gasteiger partial charge in [-0.3, -0.25) is 4.68 Å². The van der Waals surface area contributed by atoms with E-state index >= 15 is 0 Å². The van der Waals surface area contributed by atoms with E-state index in [0.717, 1.165) is 39.6 Å². The third kappa shape index (κ3) is 3.24. The molecular weight excluding hydrogens is 362 g/mol. The second-order valence-electron chi connectivity index (χ2n) is 6.49. The van der Waals surface area contributed by atoms with Crippen LogP contribution in [0.25, 0.3) is 11.1 Å². The predicted octanol–water partition coefficient (Wildman–Crippen LogP) is 4.51. The fourth-order valence-electron chi connectivity index (χ4n) is 3.39. The summed E-state index contributed by atoms with van der Waals surface area (Å²) in [6, 6.07) is 13.5. The normalized spacial score (nSPS) is 12.7. The van der Waals surface area contributed by atoms with Crippen LogP contribution in [-0.2, 0) is 6.54 Å². The van der Waals surface area contributed by atoms with E-state index < -0.39 is 0 Å². The summed E-state index contributed by atoms with van der Waals surface area (Å²) < 4.78 is 13.2. The summed E-state index contributed by atoms with van der Waals surface area (Å²) in [4.78, 5) is 0. The fourth-order valence-corrected chi connectivity index (χ4v) is 3.61. The first-order valence-electron chi connectivity index (χ1n) is 8.69. The minimum atomic E-state index is 0.452. The van der Waals surface area contributed by atoms with Crippen molar-refractivity contribution in [3.05, 3.63) is 63.9 Å². The minimum absolute atomic E-state index is 0.452. The van der Waals surface area contributed by atoms with Crippen molar-refractivity contribution in [1.29, 1.82) is 5.26 Å². The number of halogens is 1. The Hall–Kier alpha value is -2.97. The molecule has 0 saturated carbocycles. The van der Waals surface area contributed by atoms with Crippen LogP contribution in [0.4, 0.5) is 0 Å². The standard InChI is InChI=1S/C21H18ClN3O2/c1-13-21(16-4-5-17(11-23)18(22)10-16)14(2)25(24-13)12-15-3-6-19-20(9-15)27-8-7-26-19/h3-6,9-10H,7-8,12H2,1-2H3. The molecule has 1 aromatic heterocycles. The highest BCUT2D eigenvalue weighted by atomic mass is 35.5. The molecule has 0 fully saturated rings. The number of aromatic nitrogens is 2. The van der Waals surface area contributed by atoms with Crippen LogP contribution in [0.2, 0.25) is 5.02 Å². The lowest BCUT2D eigenvalue weighted by Gasteiger charge is -2.19. The van der Waals surface area contributed by atoms with E-state index in [1.54, 1.807) is 6.07 Å². The van der Waals surface area contributed by atoms with Crippen LogP contribution in [0.15, 0.2) is 36.4 Å². The zero-order valence-corrected chi connectivity index (χ0v) is 15.9. The monoisotopic (exact) mass is 379 g/mol. The van der Waals surface area contributed by atoms with Gasteiger partial charge in [-0.05, 0) is 49.2 Å². The van der Waals surface area contributed by atoms with E-state index in [9.17, 15) is 0 Å². The van der Waals surface area contributed by atoms with Gasteiger partial charge in [0.1, 0.15) is 19.3 Å². The molecule has 0 bridgehead atoms. The third-order valence-electron chi connectivity index (χ3n) is 4.70. The average Bonchev–Trinajstić information content (AvgIpc) is 2.95. The van der Waals surface area contributed by atoms with Crippen LogP contribution >= 0.6 is 11.6 Å². The van der Waals surface area contributed by atoms with E-state index in [-0.39, 0.29) is 0 Å². The summed E-state index contributed by atoms with van der Waals surface area (Å²) in [6.07, 6.45) is 0. The molecule has 5 nitrogen and oxygen atoms in total. The Kier molecular flexibility index (Phi) is 4.51. The molecule has 0 radical (unpaired) electrons. The topological polar surface area (TPSA) is 60.1 Å². The molecule has 136 valence electrons. The molecule has 1 aliphatic heterocycles. The maximum atomic E-state index is 9.07. The van der Waals surface area contributed by atoms with Crippen LogP contribution in [0.5, 0.6) is 11.5 Å². The number of nitriles is 1. The molecule has 4 rings (SSSR count). The molecule has 0 aliphatic carbocycles. The lowest BCUT2D eigenvalue weighted by molar-refractivity contribution is 0.171. The lowest BCUT2D eigenvalue weighted by Crippen LogP contribution is -2.15. The zero-order chi connectivity index (χ0) is 19.0. The van der Waals surface area contributed by atoms with Crippen LogP contribution in [0.1, 0.15) is 22.5 Å². The maximum absolute atomic E-state index is 9.07. The SMILES string of the molecule is Cc1nn(Cc2ccc3c(c2)OCCO3)c(C)c1-c1ccc(C#N)c(Cl)c1. The third-order valence-corrected chi connectivity index (χ3v) is 5.01. The molecule has 0 spiro atoms. The van der Waals surface area contributed by atoms with Crippen molar-refractivity contribution >= 4 is 11.6 Å². The van der Waals surface area contributed by atoms with Gasteiger partial charge < -0.3 is 9.47 Å². The number of hydrogen-bond donors (Lipinski definition) is 0. The molecule has 0 unspecified atom stereocenters. The second kappa shape index (κ2) is 6.98. The van der Waals surface area contributed by atoms with Crippen LogP contribution in [0, 0.1) is 25.2 Å². The molecule has 1 aliphatic rings. The highest BCUT2D eigenvalue weighted by Crippen LogP contribution is 2.33. The summed E-state index contributed by atoms with van der Waals surface area (Å²) in [5, 5.41) is 14.2. The smallest absolute Gasteiger partial charge is 0.161 e. The van der Waals surface area contributed by atoms with Gasteiger partial charge in [0.15, 0.2) is 11.5 Å². The quantitative estimate of drug-likeness (QED) is 0.671. The number of rotatable bonds is 3. The van der Waals surface area contributed by atoms with Gasteiger partial charge in [0.05, 0.1) is 22.8 Å². The van der Waals surface area contributed by atoms with Gasteiger partial charge in [-0.2, -0.15) is 10.4 Å². The Morgan fingerprint density at radius 1 is 1.11 bits per heavy atom. The first kappa shape index (κ1) is 17.4. The van der Waals surface area contributed by atoms with Gasteiger partial charge in [0.25, 0.3) is 0 Å². The van der Waals surface area contributed by atoms with Gasteiger partial charge in [-0.15, -0.1) is 0 Å². The van der Waals surface area contributed by atoms with Gasteiger partial charge in [0, 0.05) is 11.3 Å². The Morgan fingerprint density at radius 3 is 2.63 bits per heavy atom. The summed E-state index contributed by atoms with van der Waals surface area (Å²) in [6.45, 7) is 5.81. The Balaban J connectivity index is 1.67. The van der Waals surface area contributed by atoms with Crippen molar-refractivity contribution in [2.75, 3.05) is 13.2 Å². The Labute approximate surface area is 162 Å². The van der Waals surface area contributed by atoms with Crippen molar-refractivity contribution in [1.82, 2.24) is 9.78 Å². The van der Waals surface area contributed by atoms with Gasteiger partial charge in [0.2, 0.25) is 0 Å². The fraction of sp³-hybridized carbons (Fsp3) is 0.238. The Bertz CT molecular complexity index is 1070. The lowest BCUT2D eigenvalue weighted by atomic mass is 10.0. The number of aryl methyl sites for hydroxylation is 1. The van der Waals surface area contributed by atoms with E-state index in [1.807, 2.05) is 48.9 Å². The average molecular weight is 380 g/mol. The van der Waals surface area contributed by atoms with Crippen molar-refractivity contribution < 1.29 is 9.47 Å². The number of hydrogen-bond acceptors (Lipinski definition) is 4. The van der Waals surface area contributed by atoms with E-state index in [1.165, 1.54) is 0 Å². The number of fused-ring (bicyclic) bond motifs is 1. The van der Waals surface area contributed by atoms with E-state index in [4.69, 9.17) is 31.4 Å². The number of benzene rings is 2. The number of ether oxygens (including phenoxy) is 2. The molecule has 0 N–H and O–H groups in total. The molecular formula is C21H18ClN3O2. The highest BCUT2D eigenvalue weighted by molar-refractivity contribution is 6.32. The predicted molar refractivity (Wildman–Crippen MR) is 103 cm³/mol. The van der Waals surface area contributed by atoms with Gasteiger partial charge in [-0.25, -0.2) is 0 Å². The summed E-state index contributed by atoms with van der Waals surface area (Å²) in [5.74, 6) is 1.56. The molecule has 2 heterocycles. The van der Waals surface area contributed by atoms with Crippen molar-refractivity contribution in [3.63, 3.8) is 0 Å². The molecule has 0 amide bonds. The molecule has 27 heavy (non-hydrogen) atoms. The molecule has 0 atom stereocenters. The van der Waals surface area contributed by atoms with E-state index in [2.05, 4.69) is 6.07 Å². The summed E-state index contributed by atoms with van der Waals surface area (Å²) in [7, 11) is 0. The van der Waals surface area contributed by atoms with E-state index in [0.29, 0.717) is 30.3 Å². The largest absolute Gasteiger partial charge is 0.486 e. The van der Waals surface area contributed by atoms with Crippen molar-refractivity contribution in [3.8, 4) is 28.7 Å². The van der Waals surface area contributed by atoms with Crippen molar-refractivity contribution in [2.24, 2.45) is 0 Å². The summed E-state index contributed by atoms with van der Waals surface area (Å²) >= 11 is 6.21. The maximum Gasteiger partial charge on any atom is 0.161 e. The molecule has 6 heteroatoms. The Morgan fingerprint density at radius 2 is 1.89 bits per heavy atom. The van der Waals surface area contributed by atoms with Crippen LogP contribution < -0.4 is 9.47 Å². The van der Waals surface area contributed by atoms with Crippen LogP contribution in [0.3, 0.4) is 0 Å². The first-order valence-corrected chi connectivity index (χ1v) is 9.07. The van der Waals surface area contributed by atoms with Crippen molar-refractivity contribution in [2.45, 2.75) is 20.4 Å². The molecule has 3 aromatic rings. The van der Waals surface area contributed by atoms with Crippen LogP contribution in [-0.4, -0.2) is 23.0 Å². The minimum Gasteiger partial charge on any atom is -0.486 e. The highest BCUT2D eigenvalue weighted by Gasteiger charge is 2.16. The number of nitrogens with zero attached hydrogens (tertiary/aromatic N) is 3. The summed E-state index contributed by atoms with van der Waals surface area (Å²) in [5.41, 5.74) is 5.53. The first-order chi connectivity index (χ1) is 13.1.